The number of hydrogen-bond donors (Lipinski definition) is 1. The molecule has 0 radical (unpaired) electrons. The highest BCUT2D eigenvalue weighted by Crippen LogP contribution is 2.17. The molecule has 0 saturated carbocycles. The molecule has 0 bridgehead atoms. The minimum absolute atomic E-state index is 0.0193. The Bertz CT molecular complexity index is 537. The lowest BCUT2D eigenvalue weighted by atomic mass is 10.0. The standard InChI is InChI=1S/C16H23N3O3/c1-11(2)16(21)19-9-6-12(7-10-19)18-14(20)13-5-4-8-17-15(13)22-3/h4-5,8,11-12H,6-7,9-10H2,1-3H3,(H,18,20). The van der Waals surface area contributed by atoms with Gasteiger partial charge in [0.15, 0.2) is 0 Å². The fourth-order valence-electron chi connectivity index (χ4n) is 2.60. The normalized spacial score (nSPS) is 15.7. The maximum Gasteiger partial charge on any atom is 0.256 e. The Kier molecular flexibility index (Phi) is 5.35. The first-order valence-corrected chi connectivity index (χ1v) is 7.61. The van der Waals surface area contributed by atoms with E-state index < -0.39 is 0 Å². The second-order valence-electron chi connectivity index (χ2n) is 5.79. The number of hydrogen-bond acceptors (Lipinski definition) is 4. The lowest BCUT2D eigenvalue weighted by Gasteiger charge is -2.33. The fourth-order valence-corrected chi connectivity index (χ4v) is 2.60. The Morgan fingerprint density at radius 2 is 2.05 bits per heavy atom. The van der Waals surface area contributed by atoms with Gasteiger partial charge in [0.05, 0.1) is 7.11 Å². The van der Waals surface area contributed by atoms with Gasteiger partial charge < -0.3 is 15.0 Å². The number of carbonyl (C=O) groups is 2. The van der Waals surface area contributed by atoms with Gasteiger partial charge in [-0.05, 0) is 25.0 Å². The molecule has 1 aliphatic heterocycles. The predicted octanol–water partition coefficient (Wildman–Crippen LogP) is 1.47. The predicted molar refractivity (Wildman–Crippen MR) is 82.7 cm³/mol. The van der Waals surface area contributed by atoms with Crippen LogP contribution in [-0.2, 0) is 4.79 Å². The lowest BCUT2D eigenvalue weighted by molar-refractivity contribution is -0.135. The molecule has 1 fully saturated rings. The van der Waals surface area contributed by atoms with Crippen LogP contribution in [-0.4, -0.2) is 47.9 Å². The summed E-state index contributed by atoms with van der Waals surface area (Å²) >= 11 is 0. The molecule has 0 aromatic carbocycles. The molecule has 1 N–H and O–H groups in total. The summed E-state index contributed by atoms with van der Waals surface area (Å²) in [6.45, 7) is 5.19. The van der Waals surface area contributed by atoms with Gasteiger partial charge in [0.2, 0.25) is 11.8 Å². The van der Waals surface area contributed by atoms with Crippen molar-refractivity contribution in [1.82, 2.24) is 15.2 Å². The van der Waals surface area contributed by atoms with E-state index in [1.54, 1.807) is 18.3 Å². The average Bonchev–Trinajstić information content (AvgIpc) is 2.54. The Balaban J connectivity index is 1.91. The van der Waals surface area contributed by atoms with Gasteiger partial charge in [0, 0.05) is 31.2 Å². The molecule has 2 rings (SSSR count). The van der Waals surface area contributed by atoms with E-state index in [9.17, 15) is 9.59 Å². The zero-order chi connectivity index (χ0) is 16.1. The van der Waals surface area contributed by atoms with E-state index in [1.165, 1.54) is 7.11 Å². The van der Waals surface area contributed by atoms with Gasteiger partial charge in [-0.25, -0.2) is 4.98 Å². The third kappa shape index (κ3) is 3.75. The SMILES string of the molecule is COc1ncccc1C(=O)NC1CCN(C(=O)C(C)C)CC1. The summed E-state index contributed by atoms with van der Waals surface area (Å²) in [5.41, 5.74) is 0.436. The van der Waals surface area contributed by atoms with Crippen molar-refractivity contribution >= 4 is 11.8 Å². The highest BCUT2D eigenvalue weighted by Gasteiger charge is 2.26. The van der Waals surface area contributed by atoms with Crippen LogP contribution in [0.25, 0.3) is 0 Å². The first kappa shape index (κ1) is 16.3. The van der Waals surface area contributed by atoms with Crippen LogP contribution >= 0.6 is 0 Å². The molecule has 22 heavy (non-hydrogen) atoms. The smallest absolute Gasteiger partial charge is 0.256 e. The van der Waals surface area contributed by atoms with Crippen molar-refractivity contribution in [3.05, 3.63) is 23.9 Å². The monoisotopic (exact) mass is 305 g/mol. The molecule has 1 aliphatic rings. The van der Waals surface area contributed by atoms with E-state index in [0.29, 0.717) is 24.5 Å². The highest BCUT2D eigenvalue weighted by molar-refractivity contribution is 5.96. The number of aromatic nitrogens is 1. The third-order valence-electron chi connectivity index (χ3n) is 3.84. The zero-order valence-corrected chi connectivity index (χ0v) is 13.3. The van der Waals surface area contributed by atoms with E-state index in [1.807, 2.05) is 18.7 Å². The first-order chi connectivity index (χ1) is 10.5. The number of nitrogens with one attached hydrogen (secondary N) is 1. The summed E-state index contributed by atoms with van der Waals surface area (Å²) in [6.07, 6.45) is 3.13. The number of pyridine rings is 1. The summed E-state index contributed by atoms with van der Waals surface area (Å²) in [7, 11) is 1.50. The van der Waals surface area contributed by atoms with E-state index in [4.69, 9.17) is 4.74 Å². The molecule has 2 heterocycles. The minimum atomic E-state index is -0.182. The largest absolute Gasteiger partial charge is 0.480 e. The van der Waals surface area contributed by atoms with Crippen molar-refractivity contribution in [2.24, 2.45) is 5.92 Å². The van der Waals surface area contributed by atoms with Crippen LogP contribution in [0.5, 0.6) is 5.88 Å². The molecular formula is C16H23N3O3. The summed E-state index contributed by atoms with van der Waals surface area (Å²) in [4.78, 5) is 30.2. The number of nitrogens with zero attached hydrogens (tertiary/aromatic N) is 2. The van der Waals surface area contributed by atoms with Crippen LogP contribution < -0.4 is 10.1 Å². The summed E-state index contributed by atoms with van der Waals surface area (Å²) in [5, 5.41) is 3.00. The molecular weight excluding hydrogens is 282 g/mol. The van der Waals surface area contributed by atoms with Crippen molar-refractivity contribution < 1.29 is 14.3 Å². The van der Waals surface area contributed by atoms with Crippen molar-refractivity contribution in [2.75, 3.05) is 20.2 Å². The van der Waals surface area contributed by atoms with Gasteiger partial charge >= 0.3 is 0 Å². The van der Waals surface area contributed by atoms with Crippen molar-refractivity contribution in [3.63, 3.8) is 0 Å². The summed E-state index contributed by atoms with van der Waals surface area (Å²) < 4.78 is 5.11. The van der Waals surface area contributed by atoms with Crippen LogP contribution in [0.3, 0.4) is 0 Å². The molecule has 0 spiro atoms. The second-order valence-corrected chi connectivity index (χ2v) is 5.79. The zero-order valence-electron chi connectivity index (χ0n) is 13.3. The Labute approximate surface area is 130 Å². The minimum Gasteiger partial charge on any atom is -0.480 e. The molecule has 6 nitrogen and oxygen atoms in total. The maximum absolute atomic E-state index is 12.3. The molecule has 1 saturated heterocycles. The highest BCUT2D eigenvalue weighted by atomic mass is 16.5. The quantitative estimate of drug-likeness (QED) is 0.914. The summed E-state index contributed by atoms with van der Waals surface area (Å²) in [5.74, 6) is 0.343. The molecule has 0 aliphatic carbocycles. The third-order valence-corrected chi connectivity index (χ3v) is 3.84. The molecule has 6 heteroatoms. The Morgan fingerprint density at radius 1 is 1.36 bits per heavy atom. The van der Waals surface area contributed by atoms with E-state index in [-0.39, 0.29) is 23.8 Å². The van der Waals surface area contributed by atoms with E-state index in [2.05, 4.69) is 10.3 Å². The van der Waals surface area contributed by atoms with Gasteiger partial charge in [0.25, 0.3) is 5.91 Å². The molecule has 1 aromatic rings. The number of piperidine rings is 1. The van der Waals surface area contributed by atoms with Crippen LogP contribution in [0.2, 0.25) is 0 Å². The van der Waals surface area contributed by atoms with Gasteiger partial charge in [-0.1, -0.05) is 13.8 Å². The Morgan fingerprint density at radius 3 is 2.64 bits per heavy atom. The number of methoxy groups -OCH3 is 1. The number of ether oxygens (including phenoxy) is 1. The summed E-state index contributed by atoms with van der Waals surface area (Å²) in [6, 6.07) is 3.48. The van der Waals surface area contributed by atoms with Gasteiger partial charge in [-0.3, -0.25) is 9.59 Å². The van der Waals surface area contributed by atoms with Gasteiger partial charge in [-0.15, -0.1) is 0 Å². The van der Waals surface area contributed by atoms with Crippen molar-refractivity contribution in [3.8, 4) is 5.88 Å². The van der Waals surface area contributed by atoms with Crippen LogP contribution in [0, 0.1) is 5.92 Å². The van der Waals surface area contributed by atoms with Crippen LogP contribution in [0.4, 0.5) is 0 Å². The number of amides is 2. The number of rotatable bonds is 4. The fraction of sp³-hybridized carbons (Fsp3) is 0.562. The topological polar surface area (TPSA) is 71.5 Å². The average molecular weight is 305 g/mol. The second kappa shape index (κ2) is 7.24. The lowest BCUT2D eigenvalue weighted by Crippen LogP contribution is -2.47. The van der Waals surface area contributed by atoms with Crippen LogP contribution in [0.15, 0.2) is 18.3 Å². The van der Waals surface area contributed by atoms with Crippen LogP contribution in [0.1, 0.15) is 37.0 Å². The number of carbonyl (C=O) groups excluding carboxylic acids is 2. The van der Waals surface area contributed by atoms with Gasteiger partial charge in [0.1, 0.15) is 5.56 Å². The molecule has 1 aromatic heterocycles. The maximum atomic E-state index is 12.3. The molecule has 120 valence electrons. The van der Waals surface area contributed by atoms with Gasteiger partial charge in [-0.2, -0.15) is 0 Å². The van der Waals surface area contributed by atoms with Crippen molar-refractivity contribution in [1.29, 1.82) is 0 Å². The number of likely N-dealkylation sites (tertiary alicyclic amines) is 1. The van der Waals surface area contributed by atoms with Crippen molar-refractivity contribution in [2.45, 2.75) is 32.7 Å². The Hall–Kier alpha value is -2.11. The molecule has 0 atom stereocenters. The van der Waals surface area contributed by atoms with E-state index >= 15 is 0 Å². The molecule has 0 unspecified atom stereocenters. The first-order valence-electron chi connectivity index (χ1n) is 7.61. The molecule has 2 amide bonds. The van der Waals surface area contributed by atoms with E-state index in [0.717, 1.165) is 12.8 Å².